The van der Waals surface area contributed by atoms with Crippen LogP contribution in [0.5, 0.6) is 5.75 Å². The first-order valence-corrected chi connectivity index (χ1v) is 8.33. The van der Waals surface area contributed by atoms with Gasteiger partial charge in [-0.3, -0.25) is 4.68 Å². The first kappa shape index (κ1) is 14.9. The highest BCUT2D eigenvalue weighted by atomic mass is 35.7. The third-order valence-electron chi connectivity index (χ3n) is 2.83. The molecule has 0 radical (unpaired) electrons. The normalized spacial score (nSPS) is 11.6. The Labute approximate surface area is 122 Å². The lowest BCUT2D eigenvalue weighted by atomic mass is 10.2. The number of halogens is 1. The van der Waals surface area contributed by atoms with Gasteiger partial charge in [0.1, 0.15) is 5.75 Å². The Balaban J connectivity index is 1.99. The molecule has 2 rings (SSSR count). The van der Waals surface area contributed by atoms with Gasteiger partial charge in [-0.25, -0.2) is 8.42 Å². The molecular formula is C13H15ClN2O3S. The van der Waals surface area contributed by atoms with E-state index >= 15 is 0 Å². The van der Waals surface area contributed by atoms with Crippen molar-refractivity contribution in [2.75, 3.05) is 6.61 Å². The summed E-state index contributed by atoms with van der Waals surface area (Å²) in [5.41, 5.74) is 1.66. The monoisotopic (exact) mass is 314 g/mol. The fraction of sp³-hybridized carbons (Fsp3) is 0.308. The summed E-state index contributed by atoms with van der Waals surface area (Å²) in [5, 5.41) is 4.07. The highest BCUT2D eigenvalue weighted by Crippen LogP contribution is 2.24. The lowest BCUT2D eigenvalue weighted by Gasteiger charge is -2.08. The molecule has 1 aromatic carbocycles. The molecule has 0 N–H and O–H groups in total. The molecule has 1 heterocycles. The van der Waals surface area contributed by atoms with E-state index < -0.39 is 9.05 Å². The molecule has 0 aliphatic heterocycles. The molecule has 0 saturated carbocycles. The molecular weight excluding hydrogens is 300 g/mol. The van der Waals surface area contributed by atoms with Gasteiger partial charge in [-0.1, -0.05) is 0 Å². The zero-order valence-electron chi connectivity index (χ0n) is 11.2. The standard InChI is InChI=1S/C13H15ClN2O3S/c1-10-7-12(3-4-13(10)20(14,17)18)19-6-5-11-8-15-16(2)9-11/h3-4,7-9H,5-6H2,1-2H3. The lowest BCUT2D eigenvalue weighted by molar-refractivity contribution is 0.321. The predicted molar refractivity (Wildman–Crippen MR) is 76.6 cm³/mol. The Bertz CT molecular complexity index is 710. The van der Waals surface area contributed by atoms with Crippen molar-refractivity contribution in [3.63, 3.8) is 0 Å². The van der Waals surface area contributed by atoms with Crippen molar-refractivity contribution in [2.24, 2.45) is 7.05 Å². The maximum absolute atomic E-state index is 11.3. The number of rotatable bonds is 5. The molecule has 0 atom stereocenters. The zero-order valence-corrected chi connectivity index (χ0v) is 12.8. The molecule has 7 heteroatoms. The third-order valence-corrected chi connectivity index (χ3v) is 4.31. The Hall–Kier alpha value is -1.53. The van der Waals surface area contributed by atoms with E-state index in [1.54, 1.807) is 29.9 Å². The second-order valence-corrected chi connectivity index (χ2v) is 7.02. The van der Waals surface area contributed by atoms with E-state index in [4.69, 9.17) is 15.4 Å². The first-order chi connectivity index (χ1) is 9.36. The van der Waals surface area contributed by atoms with Gasteiger partial charge in [-0.05, 0) is 36.2 Å². The average molecular weight is 315 g/mol. The Morgan fingerprint density at radius 3 is 2.70 bits per heavy atom. The number of aryl methyl sites for hydroxylation is 2. The number of benzene rings is 1. The summed E-state index contributed by atoms with van der Waals surface area (Å²) in [6, 6.07) is 4.72. The molecule has 0 amide bonds. The molecule has 0 saturated heterocycles. The fourth-order valence-electron chi connectivity index (χ4n) is 1.87. The number of hydrogen-bond acceptors (Lipinski definition) is 4. The summed E-state index contributed by atoms with van der Waals surface area (Å²) < 4.78 is 29.9. The molecule has 20 heavy (non-hydrogen) atoms. The van der Waals surface area contributed by atoms with Crippen LogP contribution in [0.15, 0.2) is 35.5 Å². The average Bonchev–Trinajstić information content (AvgIpc) is 2.73. The number of hydrogen-bond donors (Lipinski definition) is 0. The van der Waals surface area contributed by atoms with Gasteiger partial charge in [-0.2, -0.15) is 5.10 Å². The van der Waals surface area contributed by atoms with Crippen molar-refractivity contribution in [2.45, 2.75) is 18.2 Å². The van der Waals surface area contributed by atoms with Gasteiger partial charge in [0, 0.05) is 30.3 Å². The van der Waals surface area contributed by atoms with Crippen LogP contribution in [-0.2, 0) is 22.5 Å². The molecule has 5 nitrogen and oxygen atoms in total. The van der Waals surface area contributed by atoms with Crippen LogP contribution in [0.1, 0.15) is 11.1 Å². The van der Waals surface area contributed by atoms with Crippen LogP contribution in [0.4, 0.5) is 0 Å². The van der Waals surface area contributed by atoms with Gasteiger partial charge < -0.3 is 4.74 Å². The van der Waals surface area contributed by atoms with Crippen LogP contribution >= 0.6 is 10.7 Å². The number of aromatic nitrogens is 2. The van der Waals surface area contributed by atoms with Crippen LogP contribution in [0.3, 0.4) is 0 Å². The smallest absolute Gasteiger partial charge is 0.261 e. The lowest BCUT2D eigenvalue weighted by Crippen LogP contribution is -2.02. The Morgan fingerprint density at radius 2 is 2.15 bits per heavy atom. The molecule has 0 fully saturated rings. The highest BCUT2D eigenvalue weighted by Gasteiger charge is 2.13. The Kier molecular flexibility index (Phi) is 4.35. The summed E-state index contributed by atoms with van der Waals surface area (Å²) in [6.07, 6.45) is 4.46. The molecule has 0 unspecified atom stereocenters. The predicted octanol–water partition coefficient (Wildman–Crippen LogP) is 2.28. The van der Waals surface area contributed by atoms with Crippen molar-refractivity contribution in [3.05, 3.63) is 41.7 Å². The van der Waals surface area contributed by atoms with E-state index in [9.17, 15) is 8.42 Å². The van der Waals surface area contributed by atoms with E-state index in [2.05, 4.69) is 5.10 Å². The molecule has 108 valence electrons. The summed E-state index contributed by atoms with van der Waals surface area (Å²) in [6.45, 7) is 2.18. The number of ether oxygens (including phenoxy) is 1. The molecule has 0 bridgehead atoms. The maximum atomic E-state index is 11.3. The largest absolute Gasteiger partial charge is 0.493 e. The van der Waals surface area contributed by atoms with Gasteiger partial charge >= 0.3 is 0 Å². The summed E-state index contributed by atoms with van der Waals surface area (Å²) in [4.78, 5) is 0.110. The minimum absolute atomic E-state index is 0.110. The van der Waals surface area contributed by atoms with E-state index in [0.717, 1.165) is 12.0 Å². The summed E-state index contributed by atoms with van der Waals surface area (Å²) in [7, 11) is 3.48. The van der Waals surface area contributed by atoms with E-state index in [0.29, 0.717) is 17.9 Å². The second kappa shape index (κ2) is 5.85. The van der Waals surface area contributed by atoms with Crippen molar-refractivity contribution in [3.8, 4) is 5.75 Å². The quantitative estimate of drug-likeness (QED) is 0.794. The van der Waals surface area contributed by atoms with E-state index in [-0.39, 0.29) is 4.90 Å². The van der Waals surface area contributed by atoms with Crippen LogP contribution in [0.2, 0.25) is 0 Å². The topological polar surface area (TPSA) is 61.2 Å². The van der Waals surface area contributed by atoms with Crippen LogP contribution in [-0.4, -0.2) is 24.8 Å². The minimum Gasteiger partial charge on any atom is -0.493 e. The number of nitrogens with zero attached hydrogens (tertiary/aromatic N) is 2. The van der Waals surface area contributed by atoms with Gasteiger partial charge in [0.05, 0.1) is 17.7 Å². The van der Waals surface area contributed by atoms with Crippen LogP contribution < -0.4 is 4.74 Å². The molecule has 1 aromatic heterocycles. The van der Waals surface area contributed by atoms with Gasteiger partial charge in [0.2, 0.25) is 0 Å². The molecule has 0 spiro atoms. The van der Waals surface area contributed by atoms with Crippen LogP contribution in [0.25, 0.3) is 0 Å². The zero-order chi connectivity index (χ0) is 14.8. The molecule has 2 aromatic rings. The van der Waals surface area contributed by atoms with E-state index in [1.807, 2.05) is 13.2 Å². The van der Waals surface area contributed by atoms with Crippen molar-refractivity contribution >= 4 is 19.7 Å². The molecule has 0 aliphatic carbocycles. The van der Waals surface area contributed by atoms with Crippen LogP contribution in [0, 0.1) is 6.92 Å². The second-order valence-electron chi connectivity index (χ2n) is 4.49. The first-order valence-electron chi connectivity index (χ1n) is 6.02. The van der Waals surface area contributed by atoms with Crippen molar-refractivity contribution in [1.29, 1.82) is 0 Å². The minimum atomic E-state index is -3.71. The van der Waals surface area contributed by atoms with Crippen molar-refractivity contribution in [1.82, 2.24) is 9.78 Å². The highest BCUT2D eigenvalue weighted by molar-refractivity contribution is 8.13. The molecule has 0 aliphatic rings. The SMILES string of the molecule is Cc1cc(OCCc2cnn(C)c2)ccc1S(=O)(=O)Cl. The van der Waals surface area contributed by atoms with Gasteiger partial charge in [-0.15, -0.1) is 0 Å². The van der Waals surface area contributed by atoms with Gasteiger partial charge in [0.15, 0.2) is 0 Å². The van der Waals surface area contributed by atoms with Gasteiger partial charge in [0.25, 0.3) is 9.05 Å². The summed E-state index contributed by atoms with van der Waals surface area (Å²) >= 11 is 0. The van der Waals surface area contributed by atoms with Crippen molar-refractivity contribution < 1.29 is 13.2 Å². The Morgan fingerprint density at radius 1 is 1.40 bits per heavy atom. The van der Waals surface area contributed by atoms with E-state index in [1.165, 1.54) is 6.07 Å². The summed E-state index contributed by atoms with van der Waals surface area (Å²) in [5.74, 6) is 0.621. The maximum Gasteiger partial charge on any atom is 0.261 e. The fourth-order valence-corrected chi connectivity index (χ4v) is 3.07. The third kappa shape index (κ3) is 3.74.